The van der Waals surface area contributed by atoms with Gasteiger partial charge in [0.2, 0.25) is 0 Å². The van der Waals surface area contributed by atoms with Gasteiger partial charge in [-0.2, -0.15) is 0 Å². The zero-order valence-electron chi connectivity index (χ0n) is 13.9. The molecule has 12 heteroatoms. The van der Waals surface area contributed by atoms with Crippen molar-refractivity contribution in [3.05, 3.63) is 26.7 Å². The molecule has 0 spiro atoms. The molecule has 1 aromatic carbocycles. The number of carbonyl (C=O) groups excluding carboxylic acids is 1. The van der Waals surface area contributed by atoms with Gasteiger partial charge in [0, 0.05) is 18.4 Å². The summed E-state index contributed by atoms with van der Waals surface area (Å²) in [5.74, 6) is -1.93. The third-order valence-electron chi connectivity index (χ3n) is 2.76. The minimum absolute atomic E-state index is 0.0172. The lowest BCUT2D eigenvalue weighted by atomic mass is 10.2. The number of carboxylic acids is 1. The number of carboxylic acid groups (broad SMARTS) is 1. The fraction of sp³-hybridized carbons (Fsp3) is 0.429. The van der Waals surface area contributed by atoms with Crippen LogP contribution >= 0.6 is 41.5 Å². The fourth-order valence-electron chi connectivity index (χ4n) is 1.76. The van der Waals surface area contributed by atoms with Gasteiger partial charge < -0.3 is 14.9 Å². The molecule has 0 radical (unpaired) electrons. The van der Waals surface area contributed by atoms with Crippen LogP contribution in [0.3, 0.4) is 0 Å². The van der Waals surface area contributed by atoms with E-state index in [9.17, 15) is 9.59 Å². The number of halogens is 3. The van der Waals surface area contributed by atoms with Gasteiger partial charge in [0.25, 0.3) is 5.91 Å². The number of nitrogens with one attached hydrogen (secondary N) is 1. The maximum atomic E-state index is 12.5. The van der Waals surface area contributed by atoms with Gasteiger partial charge in [-0.3, -0.25) is 18.6 Å². The largest absolute Gasteiger partial charge is 0.481 e. The summed E-state index contributed by atoms with van der Waals surface area (Å²) in [4.78, 5) is 23.1. The van der Waals surface area contributed by atoms with Crippen LogP contribution in [0, 0.1) is 0 Å². The molecule has 0 saturated heterocycles. The summed E-state index contributed by atoms with van der Waals surface area (Å²) in [5, 5.41) is 11.0. The molecule has 0 atom stereocenters. The van der Waals surface area contributed by atoms with Gasteiger partial charge in [0.05, 0.1) is 34.7 Å². The number of aliphatic carboxylic acids is 1. The smallest absolute Gasteiger partial charge is 0.380 e. The van der Waals surface area contributed by atoms with Crippen molar-refractivity contribution in [2.45, 2.75) is 20.3 Å². The molecule has 1 rings (SSSR count). The molecular formula is C14H17Cl3NO6PS. The Morgan fingerprint density at radius 1 is 1.19 bits per heavy atom. The standard InChI is InChI=1S/C14H17Cl3NO6PS/c1-3-22-25(26,23-4-2)24-13-9(16)7-8(15)12(17)11(13)14(21)18-6-5-10(19)20/h7H,3-6H2,1-2H3,(H,18,21)(H,19,20). The van der Waals surface area contributed by atoms with Crippen molar-refractivity contribution >= 4 is 65.2 Å². The Bertz CT molecular complexity index is 723. The average Bonchev–Trinajstić information content (AvgIpc) is 2.52. The third-order valence-corrected chi connectivity index (χ3v) is 6.23. The summed E-state index contributed by atoms with van der Waals surface area (Å²) in [6, 6.07) is 1.30. The van der Waals surface area contributed by atoms with Crippen LogP contribution in [0.4, 0.5) is 0 Å². The Labute approximate surface area is 171 Å². The van der Waals surface area contributed by atoms with E-state index in [0.717, 1.165) is 0 Å². The monoisotopic (exact) mass is 463 g/mol. The van der Waals surface area contributed by atoms with Crippen LogP contribution in [-0.4, -0.2) is 36.7 Å². The van der Waals surface area contributed by atoms with E-state index in [2.05, 4.69) is 5.32 Å². The van der Waals surface area contributed by atoms with Crippen LogP contribution in [0.2, 0.25) is 15.1 Å². The van der Waals surface area contributed by atoms with E-state index in [-0.39, 0.29) is 52.6 Å². The highest BCUT2D eigenvalue weighted by atomic mass is 35.5. The Morgan fingerprint density at radius 2 is 1.77 bits per heavy atom. The Kier molecular flexibility index (Phi) is 9.61. The quantitative estimate of drug-likeness (QED) is 0.388. The zero-order chi connectivity index (χ0) is 19.9. The summed E-state index contributed by atoms with van der Waals surface area (Å²) in [5.41, 5.74) is -0.178. The van der Waals surface area contributed by atoms with E-state index >= 15 is 0 Å². The Morgan fingerprint density at radius 3 is 2.27 bits per heavy atom. The van der Waals surface area contributed by atoms with Gasteiger partial charge in [0.1, 0.15) is 5.56 Å². The molecular weight excluding hydrogens is 448 g/mol. The summed E-state index contributed by atoms with van der Waals surface area (Å²) < 4.78 is 16.4. The first kappa shape index (κ1) is 23.4. The number of hydrogen-bond acceptors (Lipinski definition) is 6. The minimum Gasteiger partial charge on any atom is -0.481 e. The molecule has 0 fully saturated rings. The number of amides is 1. The molecule has 0 aliphatic carbocycles. The van der Waals surface area contributed by atoms with E-state index < -0.39 is 18.6 Å². The first-order chi connectivity index (χ1) is 12.1. The molecule has 0 saturated carbocycles. The van der Waals surface area contributed by atoms with Crippen molar-refractivity contribution in [2.75, 3.05) is 19.8 Å². The SMILES string of the molecule is CCOP(=S)(OCC)Oc1c(Cl)cc(Cl)c(Cl)c1C(=O)NCCC(=O)O. The highest BCUT2D eigenvalue weighted by molar-refractivity contribution is 8.07. The molecule has 2 N–H and O–H groups in total. The molecule has 0 aliphatic heterocycles. The van der Waals surface area contributed by atoms with E-state index in [1.807, 2.05) is 0 Å². The third kappa shape index (κ3) is 6.53. The van der Waals surface area contributed by atoms with E-state index in [4.69, 9.17) is 65.3 Å². The number of hydrogen-bond donors (Lipinski definition) is 2. The van der Waals surface area contributed by atoms with Crippen molar-refractivity contribution in [1.82, 2.24) is 5.32 Å². The van der Waals surface area contributed by atoms with Gasteiger partial charge in [-0.25, -0.2) is 0 Å². The van der Waals surface area contributed by atoms with E-state index in [1.165, 1.54) is 6.07 Å². The second-order valence-corrected chi connectivity index (χ2v) is 8.76. The van der Waals surface area contributed by atoms with Gasteiger partial charge in [0.15, 0.2) is 5.75 Å². The molecule has 146 valence electrons. The fourth-order valence-corrected chi connectivity index (χ4v) is 4.62. The van der Waals surface area contributed by atoms with Gasteiger partial charge >= 0.3 is 12.7 Å². The second-order valence-electron chi connectivity index (χ2n) is 4.63. The molecule has 1 aromatic rings. The number of rotatable bonds is 10. The van der Waals surface area contributed by atoms with Crippen molar-refractivity contribution in [1.29, 1.82) is 0 Å². The molecule has 0 bridgehead atoms. The number of carbonyl (C=O) groups is 2. The van der Waals surface area contributed by atoms with E-state index in [1.54, 1.807) is 13.8 Å². The average molecular weight is 465 g/mol. The minimum atomic E-state index is -3.24. The first-order valence-corrected chi connectivity index (χ1v) is 11.1. The maximum absolute atomic E-state index is 12.5. The lowest BCUT2D eigenvalue weighted by Gasteiger charge is -2.23. The van der Waals surface area contributed by atoms with Crippen LogP contribution < -0.4 is 9.84 Å². The predicted molar refractivity (Wildman–Crippen MR) is 104 cm³/mol. The number of benzene rings is 1. The van der Waals surface area contributed by atoms with Crippen LogP contribution in [0.25, 0.3) is 0 Å². The lowest BCUT2D eigenvalue weighted by Crippen LogP contribution is -2.27. The van der Waals surface area contributed by atoms with Crippen LogP contribution in [-0.2, 0) is 25.6 Å². The van der Waals surface area contributed by atoms with Gasteiger partial charge in [-0.1, -0.05) is 34.8 Å². The summed E-state index contributed by atoms with van der Waals surface area (Å²) in [6.45, 7) is 0.489. The van der Waals surface area contributed by atoms with E-state index in [0.29, 0.717) is 0 Å². The molecule has 26 heavy (non-hydrogen) atoms. The molecule has 1 amide bonds. The van der Waals surface area contributed by atoms with Crippen molar-refractivity contribution < 1.29 is 28.3 Å². The normalized spacial score (nSPS) is 11.3. The highest BCUT2D eigenvalue weighted by Gasteiger charge is 2.29. The lowest BCUT2D eigenvalue weighted by molar-refractivity contribution is -0.136. The summed E-state index contributed by atoms with van der Waals surface area (Å²) in [7, 11) is 0. The maximum Gasteiger partial charge on any atom is 0.380 e. The van der Waals surface area contributed by atoms with Crippen LogP contribution in [0.5, 0.6) is 5.75 Å². The molecule has 0 unspecified atom stereocenters. The van der Waals surface area contributed by atoms with Gasteiger partial charge in [-0.15, -0.1) is 0 Å². The Balaban J connectivity index is 3.29. The first-order valence-electron chi connectivity index (χ1n) is 7.41. The molecule has 7 nitrogen and oxygen atoms in total. The van der Waals surface area contributed by atoms with Crippen LogP contribution in [0.1, 0.15) is 30.6 Å². The molecule has 0 aliphatic rings. The topological polar surface area (TPSA) is 94.1 Å². The van der Waals surface area contributed by atoms with Crippen molar-refractivity contribution in [3.63, 3.8) is 0 Å². The summed E-state index contributed by atoms with van der Waals surface area (Å²) in [6.07, 6.45) is -0.274. The molecule has 0 aromatic heterocycles. The highest BCUT2D eigenvalue weighted by Crippen LogP contribution is 2.53. The van der Waals surface area contributed by atoms with Gasteiger partial charge in [-0.05, 0) is 19.9 Å². The summed E-state index contributed by atoms with van der Waals surface area (Å²) >= 11 is 23.6. The Hall–Kier alpha value is -0.600. The second kappa shape index (κ2) is 10.7. The predicted octanol–water partition coefficient (Wildman–Crippen LogP) is 4.53. The van der Waals surface area contributed by atoms with Crippen LogP contribution in [0.15, 0.2) is 6.07 Å². The van der Waals surface area contributed by atoms with Crippen molar-refractivity contribution in [3.8, 4) is 5.75 Å². The zero-order valence-corrected chi connectivity index (χ0v) is 17.9. The molecule has 0 heterocycles. The van der Waals surface area contributed by atoms with Crippen molar-refractivity contribution in [2.24, 2.45) is 0 Å².